The molecule has 92 valence electrons. The quantitative estimate of drug-likeness (QED) is 0.795. The Morgan fingerprint density at radius 1 is 1.18 bits per heavy atom. The zero-order valence-electron chi connectivity index (χ0n) is 10.7. The van der Waals surface area contributed by atoms with Gasteiger partial charge < -0.3 is 5.32 Å². The van der Waals surface area contributed by atoms with Crippen LogP contribution in [0.4, 0.5) is 5.69 Å². The molecule has 0 heterocycles. The highest BCUT2D eigenvalue weighted by molar-refractivity contribution is 6.03. The first-order chi connectivity index (χ1) is 8.06. The molecule has 0 radical (unpaired) electrons. The smallest absolute Gasteiger partial charge is 0.231 e. The van der Waals surface area contributed by atoms with E-state index in [1.807, 2.05) is 12.1 Å². The average Bonchev–Trinajstić information content (AvgIpc) is 2.28. The Kier molecular flexibility index (Phi) is 4.88. The van der Waals surface area contributed by atoms with E-state index in [2.05, 4.69) is 25.2 Å². The molecule has 0 spiro atoms. The van der Waals surface area contributed by atoms with Crippen LogP contribution in [0.3, 0.4) is 0 Å². The molecule has 0 bridgehead atoms. The molecule has 17 heavy (non-hydrogen) atoms. The normalized spacial score (nSPS) is 10.1. The molecule has 0 fully saturated rings. The second-order valence-corrected chi connectivity index (χ2v) is 4.13. The Morgan fingerprint density at radius 2 is 1.88 bits per heavy atom. The Labute approximate surface area is 102 Å². The monoisotopic (exact) mass is 233 g/mol. The third-order valence-corrected chi connectivity index (χ3v) is 2.64. The SMILES string of the molecule is CCc1ccc(NC(=O)CC(C)=O)c(CC)c1. The van der Waals surface area contributed by atoms with Crippen molar-refractivity contribution >= 4 is 17.4 Å². The molecule has 1 rings (SSSR count). The van der Waals surface area contributed by atoms with E-state index < -0.39 is 0 Å². The van der Waals surface area contributed by atoms with Gasteiger partial charge in [0.05, 0.1) is 6.42 Å². The van der Waals surface area contributed by atoms with Crippen LogP contribution in [-0.2, 0) is 22.4 Å². The summed E-state index contributed by atoms with van der Waals surface area (Å²) >= 11 is 0. The Morgan fingerprint density at radius 3 is 2.41 bits per heavy atom. The fourth-order valence-corrected chi connectivity index (χ4v) is 1.70. The standard InChI is InChI=1S/C14H19NO2/c1-4-11-6-7-13(12(5-2)9-11)15-14(17)8-10(3)16/h6-7,9H,4-5,8H2,1-3H3,(H,15,17). The van der Waals surface area contributed by atoms with E-state index in [0.717, 1.165) is 24.1 Å². The van der Waals surface area contributed by atoms with Crippen LogP contribution in [0.25, 0.3) is 0 Å². The van der Waals surface area contributed by atoms with Gasteiger partial charge in [-0.25, -0.2) is 0 Å². The number of carbonyl (C=O) groups excluding carboxylic acids is 2. The van der Waals surface area contributed by atoms with Crippen LogP contribution in [0.5, 0.6) is 0 Å². The summed E-state index contributed by atoms with van der Waals surface area (Å²) in [5.74, 6) is -0.359. The van der Waals surface area contributed by atoms with Gasteiger partial charge in [-0.1, -0.05) is 26.0 Å². The minimum absolute atomic E-state index is 0.0569. The molecule has 3 heteroatoms. The van der Waals surface area contributed by atoms with Crippen molar-refractivity contribution in [2.24, 2.45) is 0 Å². The summed E-state index contributed by atoms with van der Waals surface area (Å²) in [6.45, 7) is 5.57. The van der Waals surface area contributed by atoms with E-state index in [-0.39, 0.29) is 18.1 Å². The lowest BCUT2D eigenvalue weighted by molar-refractivity contribution is -0.124. The molecule has 0 aliphatic heterocycles. The van der Waals surface area contributed by atoms with Crippen LogP contribution in [0.1, 0.15) is 38.3 Å². The molecule has 0 unspecified atom stereocenters. The Hall–Kier alpha value is -1.64. The van der Waals surface area contributed by atoms with Crippen LogP contribution in [0, 0.1) is 0 Å². The Bertz CT molecular complexity index is 424. The van der Waals surface area contributed by atoms with E-state index in [1.165, 1.54) is 12.5 Å². The molecule has 1 aromatic carbocycles. The predicted octanol–water partition coefficient (Wildman–Crippen LogP) is 2.73. The Balaban J connectivity index is 2.83. The van der Waals surface area contributed by atoms with E-state index in [1.54, 1.807) is 0 Å². The third kappa shape index (κ3) is 4.02. The lowest BCUT2D eigenvalue weighted by Gasteiger charge is -2.10. The molecule has 0 atom stereocenters. The van der Waals surface area contributed by atoms with Crippen molar-refractivity contribution in [3.63, 3.8) is 0 Å². The van der Waals surface area contributed by atoms with Crippen LogP contribution in [0.15, 0.2) is 18.2 Å². The van der Waals surface area contributed by atoms with Gasteiger partial charge in [-0.2, -0.15) is 0 Å². The first kappa shape index (κ1) is 13.4. The van der Waals surface area contributed by atoms with E-state index in [9.17, 15) is 9.59 Å². The number of hydrogen-bond donors (Lipinski definition) is 1. The third-order valence-electron chi connectivity index (χ3n) is 2.64. The van der Waals surface area contributed by atoms with Gasteiger partial charge in [0.2, 0.25) is 5.91 Å². The molecule has 1 N–H and O–H groups in total. The fraction of sp³-hybridized carbons (Fsp3) is 0.429. The first-order valence-electron chi connectivity index (χ1n) is 5.97. The van der Waals surface area contributed by atoms with Crippen molar-refractivity contribution in [2.45, 2.75) is 40.0 Å². The lowest BCUT2D eigenvalue weighted by Crippen LogP contribution is -2.15. The number of aryl methyl sites for hydroxylation is 2. The highest BCUT2D eigenvalue weighted by Gasteiger charge is 2.08. The number of amides is 1. The van der Waals surface area contributed by atoms with Crippen molar-refractivity contribution < 1.29 is 9.59 Å². The number of ketones is 1. The number of carbonyl (C=O) groups is 2. The predicted molar refractivity (Wildman–Crippen MR) is 69.1 cm³/mol. The van der Waals surface area contributed by atoms with Crippen LogP contribution in [-0.4, -0.2) is 11.7 Å². The van der Waals surface area contributed by atoms with Gasteiger partial charge in [0.1, 0.15) is 5.78 Å². The number of rotatable bonds is 5. The molecular weight excluding hydrogens is 214 g/mol. The van der Waals surface area contributed by atoms with Gasteiger partial charge in [-0.3, -0.25) is 9.59 Å². The maximum Gasteiger partial charge on any atom is 0.231 e. The zero-order valence-corrected chi connectivity index (χ0v) is 10.7. The molecule has 1 amide bonds. The molecule has 0 saturated heterocycles. The summed E-state index contributed by atoms with van der Waals surface area (Å²) in [6, 6.07) is 6.02. The second-order valence-electron chi connectivity index (χ2n) is 4.13. The summed E-state index contributed by atoms with van der Waals surface area (Å²) < 4.78 is 0. The van der Waals surface area contributed by atoms with Crippen molar-refractivity contribution in [1.82, 2.24) is 0 Å². The maximum atomic E-state index is 11.5. The lowest BCUT2D eigenvalue weighted by atomic mass is 10.0. The van der Waals surface area contributed by atoms with E-state index in [4.69, 9.17) is 0 Å². The summed E-state index contributed by atoms with van der Waals surface area (Å²) in [4.78, 5) is 22.4. The van der Waals surface area contributed by atoms with Crippen molar-refractivity contribution in [2.75, 3.05) is 5.32 Å². The number of benzene rings is 1. The maximum absolute atomic E-state index is 11.5. The largest absolute Gasteiger partial charge is 0.325 e. The first-order valence-corrected chi connectivity index (χ1v) is 5.97. The summed E-state index contributed by atoms with van der Waals surface area (Å²) in [5, 5.41) is 2.78. The fourth-order valence-electron chi connectivity index (χ4n) is 1.70. The topological polar surface area (TPSA) is 46.2 Å². The molecule has 0 aliphatic carbocycles. The molecule has 0 aromatic heterocycles. The summed E-state index contributed by atoms with van der Waals surface area (Å²) in [5.41, 5.74) is 3.18. The highest BCUT2D eigenvalue weighted by atomic mass is 16.2. The minimum atomic E-state index is -0.239. The molecule has 0 saturated carbocycles. The van der Waals surface area contributed by atoms with Crippen molar-refractivity contribution in [3.05, 3.63) is 29.3 Å². The highest BCUT2D eigenvalue weighted by Crippen LogP contribution is 2.19. The number of Topliss-reactive ketones (excluding diaryl/α,β-unsaturated/α-hetero) is 1. The van der Waals surface area contributed by atoms with Crippen molar-refractivity contribution in [1.29, 1.82) is 0 Å². The van der Waals surface area contributed by atoms with Gasteiger partial charge in [-0.15, -0.1) is 0 Å². The zero-order chi connectivity index (χ0) is 12.8. The second kappa shape index (κ2) is 6.18. The number of nitrogens with one attached hydrogen (secondary N) is 1. The molecule has 1 aromatic rings. The van der Waals surface area contributed by atoms with E-state index in [0.29, 0.717) is 0 Å². The molecular formula is C14H19NO2. The van der Waals surface area contributed by atoms with Crippen LogP contribution >= 0.6 is 0 Å². The minimum Gasteiger partial charge on any atom is -0.325 e. The summed E-state index contributed by atoms with van der Waals surface area (Å²) in [6.07, 6.45) is 1.79. The van der Waals surface area contributed by atoms with Crippen LogP contribution < -0.4 is 5.32 Å². The summed E-state index contributed by atoms with van der Waals surface area (Å²) in [7, 11) is 0. The van der Waals surface area contributed by atoms with Gasteiger partial charge in [0.15, 0.2) is 0 Å². The molecule has 3 nitrogen and oxygen atoms in total. The van der Waals surface area contributed by atoms with Gasteiger partial charge in [-0.05, 0) is 37.0 Å². The van der Waals surface area contributed by atoms with Gasteiger partial charge >= 0.3 is 0 Å². The van der Waals surface area contributed by atoms with Crippen LogP contribution in [0.2, 0.25) is 0 Å². The number of anilines is 1. The van der Waals surface area contributed by atoms with E-state index >= 15 is 0 Å². The average molecular weight is 233 g/mol. The van der Waals surface area contributed by atoms with Crippen molar-refractivity contribution in [3.8, 4) is 0 Å². The number of hydrogen-bond acceptors (Lipinski definition) is 2. The van der Waals surface area contributed by atoms with Gasteiger partial charge in [0.25, 0.3) is 0 Å². The van der Waals surface area contributed by atoms with Gasteiger partial charge in [0, 0.05) is 5.69 Å². The molecule has 0 aliphatic rings.